The summed E-state index contributed by atoms with van der Waals surface area (Å²) in [5, 5.41) is 9.13. The van der Waals surface area contributed by atoms with E-state index in [0.29, 0.717) is 12.2 Å². The minimum atomic E-state index is -1.07. The Morgan fingerprint density at radius 3 is 2.61 bits per heavy atom. The lowest BCUT2D eigenvalue weighted by Crippen LogP contribution is -2.18. The highest BCUT2D eigenvalue weighted by molar-refractivity contribution is 7.85. The van der Waals surface area contributed by atoms with Crippen LogP contribution in [-0.2, 0) is 20.3 Å². The molecule has 1 N–H and O–H groups in total. The Hall–Kier alpha value is -1.20. The molecular formula is C13H18O4S. The van der Waals surface area contributed by atoms with Crippen LogP contribution in [0.15, 0.2) is 35.2 Å². The molecular weight excluding hydrogens is 252 g/mol. The van der Waals surface area contributed by atoms with Gasteiger partial charge in [0.05, 0.1) is 17.4 Å². The van der Waals surface area contributed by atoms with Crippen molar-refractivity contribution in [2.75, 3.05) is 19.0 Å². The molecule has 0 bridgehead atoms. The molecule has 0 aromatic heterocycles. The minimum Gasteiger partial charge on any atom is -0.465 e. The first-order valence-corrected chi connectivity index (χ1v) is 7.13. The molecule has 0 spiro atoms. The number of aliphatic hydroxyl groups is 1. The first-order valence-electron chi connectivity index (χ1n) is 5.81. The zero-order valence-corrected chi connectivity index (χ0v) is 11.2. The second-order valence-corrected chi connectivity index (χ2v) is 5.57. The molecule has 4 nitrogen and oxygen atoms in total. The van der Waals surface area contributed by atoms with Crippen molar-refractivity contribution in [3.63, 3.8) is 0 Å². The molecule has 0 amide bonds. The summed E-state index contributed by atoms with van der Waals surface area (Å²) >= 11 is 0. The van der Waals surface area contributed by atoms with Crippen LogP contribution in [0.2, 0.25) is 0 Å². The fourth-order valence-corrected chi connectivity index (χ4v) is 2.67. The highest BCUT2D eigenvalue weighted by Crippen LogP contribution is 2.10. The summed E-state index contributed by atoms with van der Waals surface area (Å²) in [6.07, 6.45) is 0.561. The lowest BCUT2D eigenvalue weighted by Gasteiger charge is -2.13. The van der Waals surface area contributed by atoms with Gasteiger partial charge in [0.15, 0.2) is 0 Å². The second kappa shape index (κ2) is 8.00. The lowest BCUT2D eigenvalue weighted by atomic mass is 10.1. The van der Waals surface area contributed by atoms with E-state index in [-0.39, 0.29) is 25.1 Å². The number of esters is 1. The van der Waals surface area contributed by atoms with Crippen molar-refractivity contribution in [1.29, 1.82) is 0 Å². The molecule has 0 aliphatic heterocycles. The normalized spacial score (nSPS) is 13.9. The van der Waals surface area contributed by atoms with E-state index in [1.807, 2.05) is 30.3 Å². The van der Waals surface area contributed by atoms with E-state index in [2.05, 4.69) is 0 Å². The number of ether oxygens (including phenoxy) is 1. The molecule has 0 aliphatic carbocycles. The van der Waals surface area contributed by atoms with Crippen molar-refractivity contribution in [3.05, 3.63) is 30.3 Å². The lowest BCUT2D eigenvalue weighted by molar-refractivity contribution is -0.142. The average molecular weight is 270 g/mol. The molecule has 18 heavy (non-hydrogen) atoms. The van der Waals surface area contributed by atoms with Gasteiger partial charge in [0, 0.05) is 30.1 Å². The predicted octanol–water partition coefficient (Wildman–Crippen LogP) is 1.36. The van der Waals surface area contributed by atoms with Gasteiger partial charge in [-0.15, -0.1) is 0 Å². The highest BCUT2D eigenvalue weighted by Gasteiger charge is 2.12. The summed E-state index contributed by atoms with van der Waals surface area (Å²) in [5.74, 6) is -0.0598. The number of aliphatic hydroxyl groups excluding tert-OH is 1. The van der Waals surface area contributed by atoms with Crippen molar-refractivity contribution in [2.24, 2.45) is 5.92 Å². The van der Waals surface area contributed by atoms with E-state index >= 15 is 0 Å². The minimum absolute atomic E-state index is 0.0702. The molecule has 0 saturated heterocycles. The number of benzene rings is 1. The van der Waals surface area contributed by atoms with Crippen LogP contribution in [-0.4, -0.2) is 34.3 Å². The summed E-state index contributed by atoms with van der Waals surface area (Å²) < 4.78 is 16.8. The largest absolute Gasteiger partial charge is 0.465 e. The average Bonchev–Trinajstić information content (AvgIpc) is 2.39. The molecule has 0 heterocycles. The first-order chi connectivity index (χ1) is 8.63. The number of carbonyl (C=O) groups is 1. The van der Waals surface area contributed by atoms with E-state index in [4.69, 9.17) is 9.84 Å². The zero-order chi connectivity index (χ0) is 13.4. The SMILES string of the molecule is CC(=O)OC[C@@H](CO)CCS(=O)c1ccccc1. The Bertz CT molecular complexity index is 391. The zero-order valence-electron chi connectivity index (χ0n) is 10.4. The molecule has 5 heteroatoms. The Kier molecular flexibility index (Phi) is 6.60. The molecule has 100 valence electrons. The molecule has 0 saturated carbocycles. The van der Waals surface area contributed by atoms with Crippen LogP contribution >= 0.6 is 0 Å². The van der Waals surface area contributed by atoms with Crippen LogP contribution in [0.3, 0.4) is 0 Å². The van der Waals surface area contributed by atoms with Crippen molar-refractivity contribution < 1.29 is 18.8 Å². The fraction of sp³-hybridized carbons (Fsp3) is 0.462. The van der Waals surface area contributed by atoms with Gasteiger partial charge in [-0.3, -0.25) is 9.00 Å². The molecule has 1 aromatic carbocycles. The van der Waals surface area contributed by atoms with Gasteiger partial charge in [-0.1, -0.05) is 18.2 Å². The monoisotopic (exact) mass is 270 g/mol. The van der Waals surface area contributed by atoms with Crippen LogP contribution in [0.5, 0.6) is 0 Å². The second-order valence-electron chi connectivity index (χ2n) is 4.00. The third-order valence-electron chi connectivity index (χ3n) is 2.50. The Labute approximate surface area is 109 Å². The standard InChI is InChI=1S/C13H18O4S/c1-11(15)17-10-12(9-14)7-8-18(16)13-5-3-2-4-6-13/h2-6,12,14H,7-10H2,1H3/t12-,18?/m1/s1. The molecule has 0 fully saturated rings. The number of hydrogen-bond donors (Lipinski definition) is 1. The van der Waals surface area contributed by atoms with Gasteiger partial charge in [-0.05, 0) is 18.6 Å². The van der Waals surface area contributed by atoms with Gasteiger partial charge < -0.3 is 9.84 Å². The number of carbonyl (C=O) groups excluding carboxylic acids is 1. The predicted molar refractivity (Wildman–Crippen MR) is 69.5 cm³/mol. The maximum atomic E-state index is 11.9. The maximum Gasteiger partial charge on any atom is 0.302 e. The summed E-state index contributed by atoms with van der Waals surface area (Å²) in [4.78, 5) is 11.4. The van der Waals surface area contributed by atoms with Gasteiger partial charge in [-0.2, -0.15) is 0 Å². The summed E-state index contributed by atoms with van der Waals surface area (Å²) in [6, 6.07) is 9.19. The van der Waals surface area contributed by atoms with Crippen molar-refractivity contribution in [2.45, 2.75) is 18.2 Å². The van der Waals surface area contributed by atoms with E-state index in [1.165, 1.54) is 6.92 Å². The van der Waals surface area contributed by atoms with Gasteiger partial charge in [-0.25, -0.2) is 0 Å². The van der Waals surface area contributed by atoms with Crippen molar-refractivity contribution >= 4 is 16.8 Å². The Balaban J connectivity index is 2.38. The van der Waals surface area contributed by atoms with Crippen LogP contribution in [0, 0.1) is 5.92 Å². The number of hydrogen-bond acceptors (Lipinski definition) is 4. The van der Waals surface area contributed by atoms with Crippen molar-refractivity contribution in [1.82, 2.24) is 0 Å². The van der Waals surface area contributed by atoms with Crippen LogP contribution in [0.1, 0.15) is 13.3 Å². The van der Waals surface area contributed by atoms with E-state index in [1.54, 1.807) is 0 Å². The van der Waals surface area contributed by atoms with Crippen LogP contribution in [0.25, 0.3) is 0 Å². The molecule has 2 atom stereocenters. The highest BCUT2D eigenvalue weighted by atomic mass is 32.2. The van der Waals surface area contributed by atoms with Gasteiger partial charge in [0.1, 0.15) is 0 Å². The van der Waals surface area contributed by atoms with Crippen LogP contribution < -0.4 is 0 Å². The third kappa shape index (κ3) is 5.42. The quantitative estimate of drug-likeness (QED) is 0.760. The molecule has 1 aromatic rings. The van der Waals surface area contributed by atoms with Gasteiger partial charge in [0.25, 0.3) is 0 Å². The molecule has 1 rings (SSSR count). The van der Waals surface area contributed by atoms with Crippen LogP contribution in [0.4, 0.5) is 0 Å². The Morgan fingerprint density at radius 1 is 1.39 bits per heavy atom. The fourth-order valence-electron chi connectivity index (χ4n) is 1.43. The maximum absolute atomic E-state index is 11.9. The summed E-state index contributed by atoms with van der Waals surface area (Å²) in [5.41, 5.74) is 0. The Morgan fingerprint density at radius 2 is 2.06 bits per heavy atom. The van der Waals surface area contributed by atoms with E-state index in [9.17, 15) is 9.00 Å². The van der Waals surface area contributed by atoms with E-state index in [0.717, 1.165) is 4.90 Å². The smallest absolute Gasteiger partial charge is 0.302 e. The number of rotatable bonds is 7. The molecule has 0 radical (unpaired) electrons. The topological polar surface area (TPSA) is 63.6 Å². The first kappa shape index (κ1) is 14.9. The molecule has 1 unspecified atom stereocenters. The third-order valence-corrected chi connectivity index (χ3v) is 3.90. The van der Waals surface area contributed by atoms with Gasteiger partial charge in [0.2, 0.25) is 0 Å². The van der Waals surface area contributed by atoms with E-state index < -0.39 is 10.8 Å². The molecule has 0 aliphatic rings. The summed E-state index contributed by atoms with van der Waals surface area (Å²) in [6.45, 7) is 1.44. The summed E-state index contributed by atoms with van der Waals surface area (Å²) in [7, 11) is -1.07. The van der Waals surface area contributed by atoms with Crippen molar-refractivity contribution in [3.8, 4) is 0 Å². The van der Waals surface area contributed by atoms with Gasteiger partial charge >= 0.3 is 5.97 Å².